The first-order valence-electron chi connectivity index (χ1n) is 6.07. The van der Waals surface area contributed by atoms with Gasteiger partial charge in [0.05, 0.1) is 17.6 Å². The zero-order valence-corrected chi connectivity index (χ0v) is 11.3. The SMILES string of the molecule is CCC(C)N1C(N)=NCC1c1ccc(F)c(Cl)c1. The average molecular weight is 270 g/mol. The van der Waals surface area contributed by atoms with Gasteiger partial charge in [0.1, 0.15) is 5.82 Å². The highest BCUT2D eigenvalue weighted by molar-refractivity contribution is 6.30. The highest BCUT2D eigenvalue weighted by atomic mass is 35.5. The van der Waals surface area contributed by atoms with E-state index in [1.54, 1.807) is 12.1 Å². The predicted molar refractivity (Wildman–Crippen MR) is 72.2 cm³/mol. The van der Waals surface area contributed by atoms with Gasteiger partial charge in [-0.05, 0) is 31.0 Å². The second-order valence-electron chi connectivity index (χ2n) is 4.55. The van der Waals surface area contributed by atoms with Gasteiger partial charge >= 0.3 is 0 Å². The summed E-state index contributed by atoms with van der Waals surface area (Å²) in [6, 6.07) is 5.14. The number of nitrogens with zero attached hydrogens (tertiary/aromatic N) is 2. The van der Waals surface area contributed by atoms with E-state index >= 15 is 0 Å². The molecule has 1 aromatic rings. The largest absolute Gasteiger partial charge is 0.370 e. The number of hydrogen-bond donors (Lipinski definition) is 1. The van der Waals surface area contributed by atoms with Crippen LogP contribution in [-0.2, 0) is 0 Å². The number of rotatable bonds is 3. The molecule has 5 heteroatoms. The first-order valence-corrected chi connectivity index (χ1v) is 6.45. The molecule has 0 spiro atoms. The van der Waals surface area contributed by atoms with E-state index in [2.05, 4.69) is 23.7 Å². The fourth-order valence-corrected chi connectivity index (χ4v) is 2.41. The Kier molecular flexibility index (Phi) is 3.76. The lowest BCUT2D eigenvalue weighted by molar-refractivity contribution is 0.268. The molecule has 0 fully saturated rings. The topological polar surface area (TPSA) is 41.6 Å². The summed E-state index contributed by atoms with van der Waals surface area (Å²) in [4.78, 5) is 6.35. The summed E-state index contributed by atoms with van der Waals surface area (Å²) in [6.07, 6.45) is 0.974. The van der Waals surface area contributed by atoms with Crippen LogP contribution in [0.4, 0.5) is 4.39 Å². The van der Waals surface area contributed by atoms with Crippen molar-refractivity contribution >= 4 is 17.6 Å². The Morgan fingerprint density at radius 1 is 1.61 bits per heavy atom. The minimum atomic E-state index is -0.401. The van der Waals surface area contributed by atoms with Crippen LogP contribution in [0.5, 0.6) is 0 Å². The minimum Gasteiger partial charge on any atom is -0.370 e. The van der Waals surface area contributed by atoms with Gasteiger partial charge in [-0.3, -0.25) is 4.99 Å². The van der Waals surface area contributed by atoms with E-state index in [1.807, 2.05) is 0 Å². The lowest BCUT2D eigenvalue weighted by atomic mass is 10.0. The molecule has 1 aliphatic heterocycles. The van der Waals surface area contributed by atoms with E-state index in [0.29, 0.717) is 18.5 Å². The number of hydrogen-bond acceptors (Lipinski definition) is 3. The molecule has 0 aromatic heterocycles. The third-order valence-electron chi connectivity index (χ3n) is 3.42. The quantitative estimate of drug-likeness (QED) is 0.917. The molecule has 2 atom stereocenters. The molecule has 0 bridgehead atoms. The molecule has 2 N–H and O–H groups in total. The van der Waals surface area contributed by atoms with Crippen LogP contribution in [0.1, 0.15) is 31.9 Å². The van der Waals surface area contributed by atoms with E-state index in [-0.39, 0.29) is 11.1 Å². The maximum Gasteiger partial charge on any atom is 0.192 e. The van der Waals surface area contributed by atoms with Crippen LogP contribution in [0.15, 0.2) is 23.2 Å². The van der Waals surface area contributed by atoms with Crippen molar-refractivity contribution in [1.82, 2.24) is 4.90 Å². The van der Waals surface area contributed by atoms with E-state index in [1.165, 1.54) is 6.07 Å². The zero-order valence-electron chi connectivity index (χ0n) is 10.5. The van der Waals surface area contributed by atoms with Crippen LogP contribution in [0, 0.1) is 5.82 Å². The Morgan fingerprint density at radius 2 is 2.33 bits per heavy atom. The molecular formula is C13H17ClFN3. The molecule has 1 heterocycles. The molecule has 1 aromatic carbocycles. The average Bonchev–Trinajstić information content (AvgIpc) is 2.74. The van der Waals surface area contributed by atoms with Crippen molar-refractivity contribution in [3.63, 3.8) is 0 Å². The van der Waals surface area contributed by atoms with Crippen molar-refractivity contribution in [2.75, 3.05) is 6.54 Å². The Bertz CT molecular complexity index is 475. The van der Waals surface area contributed by atoms with Gasteiger partial charge in [0.2, 0.25) is 0 Å². The van der Waals surface area contributed by atoms with Gasteiger partial charge in [0, 0.05) is 6.04 Å². The first-order chi connectivity index (χ1) is 8.54. The highest BCUT2D eigenvalue weighted by Crippen LogP contribution is 2.30. The Balaban J connectivity index is 2.30. The molecule has 0 amide bonds. The molecule has 98 valence electrons. The monoisotopic (exact) mass is 269 g/mol. The predicted octanol–water partition coefficient (Wildman–Crippen LogP) is 2.95. The highest BCUT2D eigenvalue weighted by Gasteiger charge is 2.30. The van der Waals surface area contributed by atoms with Crippen LogP contribution in [0.3, 0.4) is 0 Å². The maximum absolute atomic E-state index is 13.2. The van der Waals surface area contributed by atoms with E-state index in [9.17, 15) is 4.39 Å². The van der Waals surface area contributed by atoms with Gasteiger partial charge in [-0.15, -0.1) is 0 Å². The summed E-state index contributed by atoms with van der Waals surface area (Å²) in [5.41, 5.74) is 6.87. The van der Waals surface area contributed by atoms with Crippen LogP contribution in [0.25, 0.3) is 0 Å². The maximum atomic E-state index is 13.2. The molecule has 1 aliphatic rings. The van der Waals surface area contributed by atoms with Gasteiger partial charge < -0.3 is 10.6 Å². The van der Waals surface area contributed by atoms with Crippen molar-refractivity contribution in [3.8, 4) is 0 Å². The zero-order chi connectivity index (χ0) is 13.3. The van der Waals surface area contributed by atoms with Crippen molar-refractivity contribution < 1.29 is 4.39 Å². The molecule has 0 saturated carbocycles. The van der Waals surface area contributed by atoms with Crippen molar-refractivity contribution in [3.05, 3.63) is 34.6 Å². The first kappa shape index (κ1) is 13.1. The third-order valence-corrected chi connectivity index (χ3v) is 3.71. The Labute approximate surface area is 111 Å². The number of guanidine groups is 1. The lowest BCUT2D eigenvalue weighted by Crippen LogP contribution is -2.42. The van der Waals surface area contributed by atoms with Crippen LogP contribution in [0.2, 0.25) is 5.02 Å². The fraction of sp³-hybridized carbons (Fsp3) is 0.462. The number of halogens is 2. The van der Waals surface area contributed by atoms with Crippen LogP contribution in [-0.4, -0.2) is 23.4 Å². The number of benzene rings is 1. The van der Waals surface area contributed by atoms with Crippen LogP contribution >= 0.6 is 11.6 Å². The van der Waals surface area contributed by atoms with E-state index < -0.39 is 5.82 Å². The molecule has 0 saturated heterocycles. The number of nitrogens with two attached hydrogens (primary N) is 1. The second-order valence-corrected chi connectivity index (χ2v) is 4.96. The molecule has 2 rings (SSSR count). The van der Waals surface area contributed by atoms with E-state index in [4.69, 9.17) is 17.3 Å². The summed E-state index contributed by atoms with van der Waals surface area (Å²) >= 11 is 5.83. The van der Waals surface area contributed by atoms with Gasteiger partial charge in [-0.25, -0.2) is 4.39 Å². The van der Waals surface area contributed by atoms with Gasteiger partial charge in [-0.2, -0.15) is 0 Å². The number of aliphatic imine (C=N–C) groups is 1. The third kappa shape index (κ3) is 2.29. The fourth-order valence-electron chi connectivity index (χ4n) is 2.22. The normalized spacial score (nSPS) is 21.0. The Morgan fingerprint density at radius 3 is 2.94 bits per heavy atom. The summed E-state index contributed by atoms with van der Waals surface area (Å²) in [7, 11) is 0. The summed E-state index contributed by atoms with van der Waals surface area (Å²) in [5, 5.41) is 0.141. The molecule has 18 heavy (non-hydrogen) atoms. The summed E-state index contributed by atoms with van der Waals surface area (Å²) < 4.78 is 13.2. The Hall–Kier alpha value is -1.29. The molecule has 2 unspecified atom stereocenters. The summed E-state index contributed by atoms with van der Waals surface area (Å²) in [6.45, 7) is 4.80. The summed E-state index contributed by atoms with van der Waals surface area (Å²) in [5.74, 6) is 0.150. The van der Waals surface area contributed by atoms with E-state index in [0.717, 1.165) is 12.0 Å². The van der Waals surface area contributed by atoms with Gasteiger partial charge in [-0.1, -0.05) is 24.6 Å². The molecular weight excluding hydrogens is 253 g/mol. The smallest absolute Gasteiger partial charge is 0.192 e. The second kappa shape index (κ2) is 5.14. The minimum absolute atomic E-state index is 0.0537. The van der Waals surface area contributed by atoms with Crippen molar-refractivity contribution in [1.29, 1.82) is 0 Å². The molecule has 0 aliphatic carbocycles. The molecule has 0 radical (unpaired) electrons. The van der Waals surface area contributed by atoms with Crippen molar-refractivity contribution in [2.24, 2.45) is 10.7 Å². The lowest BCUT2D eigenvalue weighted by Gasteiger charge is -2.32. The standard InChI is InChI=1S/C13H17ClFN3/c1-3-8(2)18-12(7-17-13(18)16)9-4-5-11(15)10(14)6-9/h4-6,8,12H,3,7H2,1-2H3,(H2,16,17). The molecule has 3 nitrogen and oxygen atoms in total. The van der Waals surface area contributed by atoms with Gasteiger partial charge in [0.25, 0.3) is 0 Å². The van der Waals surface area contributed by atoms with Gasteiger partial charge in [0.15, 0.2) is 5.96 Å². The van der Waals surface area contributed by atoms with Crippen LogP contribution < -0.4 is 5.73 Å². The van der Waals surface area contributed by atoms with Crippen molar-refractivity contribution in [2.45, 2.75) is 32.4 Å².